The zero-order valence-corrected chi connectivity index (χ0v) is 19.5. The van der Waals surface area contributed by atoms with Crippen LogP contribution in [0.2, 0.25) is 0 Å². The van der Waals surface area contributed by atoms with Crippen molar-refractivity contribution in [1.29, 1.82) is 0 Å². The smallest absolute Gasteiger partial charge is 0.280 e. The van der Waals surface area contributed by atoms with Crippen LogP contribution in [-0.2, 0) is 11.4 Å². The van der Waals surface area contributed by atoms with Gasteiger partial charge in [0.25, 0.3) is 5.91 Å². The zero-order valence-electron chi connectivity index (χ0n) is 18.0. The molecular weight excluding hydrogens is 472 g/mol. The summed E-state index contributed by atoms with van der Waals surface area (Å²) < 4.78 is 17.9. The van der Waals surface area contributed by atoms with E-state index < -0.39 is 6.10 Å². The average molecular weight is 497 g/mol. The van der Waals surface area contributed by atoms with Gasteiger partial charge in [0.1, 0.15) is 23.9 Å². The summed E-state index contributed by atoms with van der Waals surface area (Å²) in [6.45, 7) is 4.59. The van der Waals surface area contributed by atoms with E-state index in [0.29, 0.717) is 24.7 Å². The molecule has 0 aliphatic rings. The van der Waals surface area contributed by atoms with Crippen molar-refractivity contribution in [3.8, 4) is 17.2 Å². The number of nitrogens with zero attached hydrogens (tertiary/aromatic N) is 1. The molecule has 0 unspecified atom stereocenters. The molecule has 3 rings (SSSR count). The van der Waals surface area contributed by atoms with Crippen LogP contribution in [0, 0.1) is 0 Å². The summed E-state index contributed by atoms with van der Waals surface area (Å²) in [6.07, 6.45) is 0.816. The van der Waals surface area contributed by atoms with Crippen molar-refractivity contribution in [3.63, 3.8) is 0 Å². The van der Waals surface area contributed by atoms with Gasteiger partial charge in [-0.1, -0.05) is 46.3 Å². The highest BCUT2D eigenvalue weighted by atomic mass is 79.9. The van der Waals surface area contributed by atoms with E-state index in [-0.39, 0.29) is 5.91 Å². The Morgan fingerprint density at radius 2 is 1.75 bits per heavy atom. The lowest BCUT2D eigenvalue weighted by atomic mass is 10.2. The number of ether oxygens (including phenoxy) is 3. The Morgan fingerprint density at radius 3 is 2.47 bits per heavy atom. The Morgan fingerprint density at radius 1 is 1.03 bits per heavy atom. The molecule has 0 aliphatic heterocycles. The SMILES string of the molecule is CCOc1ccc(Br)cc1/C=N\NC(=O)[C@H](C)Oc1ccc(OCc2ccccc2)cc1. The molecule has 0 saturated carbocycles. The summed E-state index contributed by atoms with van der Waals surface area (Å²) >= 11 is 3.42. The van der Waals surface area contributed by atoms with E-state index in [1.54, 1.807) is 25.3 Å². The molecular formula is C25H25BrN2O4. The fourth-order valence-corrected chi connectivity index (χ4v) is 3.16. The minimum absolute atomic E-state index is 0.362. The third kappa shape index (κ3) is 7.13. The second-order valence-electron chi connectivity index (χ2n) is 6.86. The van der Waals surface area contributed by atoms with Crippen molar-refractivity contribution in [3.05, 3.63) is 88.4 Å². The van der Waals surface area contributed by atoms with E-state index >= 15 is 0 Å². The fourth-order valence-electron chi connectivity index (χ4n) is 2.78. The fraction of sp³-hybridized carbons (Fsp3) is 0.200. The molecule has 6 nitrogen and oxygen atoms in total. The molecule has 0 fully saturated rings. The number of amides is 1. The van der Waals surface area contributed by atoms with Crippen LogP contribution in [0.1, 0.15) is 25.0 Å². The van der Waals surface area contributed by atoms with Gasteiger partial charge >= 0.3 is 0 Å². The normalized spacial score (nSPS) is 11.7. The third-order valence-corrected chi connectivity index (χ3v) is 4.90. The number of benzene rings is 3. The predicted molar refractivity (Wildman–Crippen MR) is 128 cm³/mol. The summed E-state index contributed by atoms with van der Waals surface area (Å²) in [6, 6.07) is 22.7. The van der Waals surface area contributed by atoms with Crippen molar-refractivity contribution in [2.45, 2.75) is 26.6 Å². The molecule has 0 aliphatic carbocycles. The van der Waals surface area contributed by atoms with Gasteiger partial charge in [-0.05, 0) is 61.9 Å². The summed E-state index contributed by atoms with van der Waals surface area (Å²) in [7, 11) is 0. The van der Waals surface area contributed by atoms with Gasteiger partial charge in [-0.3, -0.25) is 4.79 Å². The minimum atomic E-state index is -0.725. The number of hydrogen-bond acceptors (Lipinski definition) is 5. The predicted octanol–water partition coefficient (Wildman–Crippen LogP) is 5.34. The lowest BCUT2D eigenvalue weighted by molar-refractivity contribution is -0.127. The van der Waals surface area contributed by atoms with Gasteiger partial charge in [0.05, 0.1) is 12.8 Å². The molecule has 0 radical (unpaired) electrons. The first kappa shape index (κ1) is 23.3. The largest absolute Gasteiger partial charge is 0.493 e. The first-order valence-corrected chi connectivity index (χ1v) is 11.0. The Hall–Kier alpha value is -3.32. The molecule has 0 spiro atoms. The van der Waals surface area contributed by atoms with Crippen molar-refractivity contribution in [2.24, 2.45) is 5.10 Å². The second kappa shape index (κ2) is 11.9. The Bertz CT molecular complexity index is 1040. The third-order valence-electron chi connectivity index (χ3n) is 4.40. The molecule has 0 heterocycles. The monoisotopic (exact) mass is 496 g/mol. The van der Waals surface area contributed by atoms with Gasteiger partial charge < -0.3 is 14.2 Å². The Labute approximate surface area is 196 Å². The van der Waals surface area contributed by atoms with Crippen LogP contribution in [-0.4, -0.2) is 24.8 Å². The van der Waals surface area contributed by atoms with Crippen LogP contribution < -0.4 is 19.6 Å². The van der Waals surface area contributed by atoms with Crippen LogP contribution in [0.5, 0.6) is 17.2 Å². The first-order valence-electron chi connectivity index (χ1n) is 10.2. The first-order chi connectivity index (χ1) is 15.5. The molecule has 1 amide bonds. The van der Waals surface area contributed by atoms with Crippen LogP contribution in [0.25, 0.3) is 0 Å². The highest BCUT2D eigenvalue weighted by Crippen LogP contribution is 2.22. The van der Waals surface area contributed by atoms with Gasteiger partial charge in [-0.25, -0.2) is 5.43 Å². The number of hydrazone groups is 1. The minimum Gasteiger partial charge on any atom is -0.493 e. The molecule has 1 N–H and O–H groups in total. The number of carbonyl (C=O) groups excluding carboxylic acids is 1. The molecule has 32 heavy (non-hydrogen) atoms. The quantitative estimate of drug-likeness (QED) is 0.303. The lowest BCUT2D eigenvalue weighted by Gasteiger charge is -2.13. The van der Waals surface area contributed by atoms with Gasteiger partial charge in [0.2, 0.25) is 0 Å². The van der Waals surface area contributed by atoms with E-state index in [1.165, 1.54) is 0 Å². The highest BCUT2D eigenvalue weighted by molar-refractivity contribution is 9.10. The standard InChI is InChI=1S/C25H25BrN2O4/c1-3-30-24-14-9-21(26)15-20(24)16-27-28-25(29)18(2)32-23-12-10-22(11-13-23)31-17-19-7-5-4-6-8-19/h4-16,18H,3,17H2,1-2H3,(H,28,29)/b27-16-/t18-/m0/s1. The average Bonchev–Trinajstić information content (AvgIpc) is 2.81. The molecule has 3 aromatic rings. The summed E-state index contributed by atoms with van der Waals surface area (Å²) in [5.74, 6) is 1.61. The Balaban J connectivity index is 1.50. The molecule has 7 heteroatoms. The number of rotatable bonds is 10. The van der Waals surface area contributed by atoms with Crippen LogP contribution in [0.4, 0.5) is 0 Å². The maximum atomic E-state index is 12.3. The molecule has 0 bridgehead atoms. The van der Waals surface area contributed by atoms with Crippen LogP contribution in [0.3, 0.4) is 0 Å². The molecule has 166 valence electrons. The summed E-state index contributed by atoms with van der Waals surface area (Å²) in [5, 5.41) is 4.03. The Kier molecular flexibility index (Phi) is 8.69. The second-order valence-corrected chi connectivity index (χ2v) is 7.77. The summed E-state index contributed by atoms with van der Waals surface area (Å²) in [5.41, 5.74) is 4.34. The highest BCUT2D eigenvalue weighted by Gasteiger charge is 2.14. The van der Waals surface area contributed by atoms with E-state index in [4.69, 9.17) is 14.2 Å². The van der Waals surface area contributed by atoms with E-state index in [1.807, 2.05) is 67.6 Å². The molecule has 3 aromatic carbocycles. The zero-order chi connectivity index (χ0) is 22.8. The van der Waals surface area contributed by atoms with Gasteiger partial charge in [0, 0.05) is 10.0 Å². The summed E-state index contributed by atoms with van der Waals surface area (Å²) in [4.78, 5) is 12.3. The van der Waals surface area contributed by atoms with Crippen molar-refractivity contribution in [2.75, 3.05) is 6.61 Å². The van der Waals surface area contributed by atoms with Crippen LogP contribution in [0.15, 0.2) is 82.4 Å². The number of halogens is 1. The maximum absolute atomic E-state index is 12.3. The van der Waals surface area contributed by atoms with Crippen molar-refractivity contribution < 1.29 is 19.0 Å². The van der Waals surface area contributed by atoms with Crippen molar-refractivity contribution in [1.82, 2.24) is 5.43 Å². The van der Waals surface area contributed by atoms with Gasteiger partial charge in [-0.2, -0.15) is 5.10 Å². The molecule has 0 saturated heterocycles. The molecule has 0 aromatic heterocycles. The van der Waals surface area contributed by atoms with E-state index in [0.717, 1.165) is 21.3 Å². The van der Waals surface area contributed by atoms with Crippen molar-refractivity contribution >= 4 is 28.1 Å². The maximum Gasteiger partial charge on any atom is 0.280 e. The molecule has 1 atom stereocenters. The van der Waals surface area contributed by atoms with E-state index in [9.17, 15) is 4.79 Å². The van der Waals surface area contributed by atoms with Crippen LogP contribution >= 0.6 is 15.9 Å². The van der Waals surface area contributed by atoms with E-state index in [2.05, 4.69) is 26.5 Å². The van der Waals surface area contributed by atoms with Gasteiger partial charge in [0.15, 0.2) is 6.10 Å². The topological polar surface area (TPSA) is 69.2 Å². The number of carbonyl (C=O) groups is 1. The van der Waals surface area contributed by atoms with Gasteiger partial charge in [-0.15, -0.1) is 0 Å². The number of nitrogens with one attached hydrogen (secondary N) is 1. The lowest BCUT2D eigenvalue weighted by Crippen LogP contribution is -2.33. The number of hydrogen-bond donors (Lipinski definition) is 1.